The van der Waals surface area contributed by atoms with Crippen LogP contribution in [0.3, 0.4) is 0 Å². The second-order valence-corrected chi connectivity index (χ2v) is 5.07. The highest BCUT2D eigenvalue weighted by Gasteiger charge is 2.18. The maximum atomic E-state index is 12.4. The summed E-state index contributed by atoms with van der Waals surface area (Å²) in [6.07, 6.45) is 3.20. The Labute approximate surface area is 139 Å². The molecule has 1 heterocycles. The number of benzene rings is 1. The summed E-state index contributed by atoms with van der Waals surface area (Å²) in [6, 6.07) is 6.87. The van der Waals surface area contributed by atoms with Crippen LogP contribution in [-0.4, -0.2) is 52.4 Å². The molecule has 24 heavy (non-hydrogen) atoms. The van der Waals surface area contributed by atoms with Crippen LogP contribution in [0.25, 0.3) is 0 Å². The van der Waals surface area contributed by atoms with E-state index in [1.807, 2.05) is 0 Å². The number of nitrogens with zero attached hydrogens (tertiary/aromatic N) is 3. The molecule has 0 saturated heterocycles. The summed E-state index contributed by atoms with van der Waals surface area (Å²) in [5, 5.41) is 13.0. The van der Waals surface area contributed by atoms with E-state index in [0.29, 0.717) is 17.1 Å². The maximum absolute atomic E-state index is 12.4. The monoisotopic (exact) mass is 333 g/mol. The van der Waals surface area contributed by atoms with Gasteiger partial charge < -0.3 is 19.5 Å². The van der Waals surface area contributed by atoms with Gasteiger partial charge in [-0.1, -0.05) is 0 Å². The van der Waals surface area contributed by atoms with E-state index in [9.17, 15) is 9.59 Å². The van der Waals surface area contributed by atoms with Gasteiger partial charge in [0.1, 0.15) is 24.6 Å². The molecule has 0 atom stereocenters. The fraction of sp³-hybridized carbons (Fsp3) is 0.312. The summed E-state index contributed by atoms with van der Waals surface area (Å²) in [5.41, 5.74) is 0.710. The number of hydrogen-bond acceptors (Lipinski definition) is 5. The van der Waals surface area contributed by atoms with Crippen molar-refractivity contribution in [1.82, 2.24) is 14.7 Å². The smallest absolute Gasteiger partial charge is 0.323 e. The number of aromatic nitrogens is 2. The van der Waals surface area contributed by atoms with Crippen molar-refractivity contribution < 1.29 is 24.2 Å². The van der Waals surface area contributed by atoms with Gasteiger partial charge >= 0.3 is 5.97 Å². The number of aliphatic carboxylic acids is 1. The maximum Gasteiger partial charge on any atom is 0.323 e. The lowest BCUT2D eigenvalue weighted by molar-refractivity contribution is -0.145. The molecule has 0 aliphatic heterocycles. The lowest BCUT2D eigenvalue weighted by atomic mass is 10.2. The minimum atomic E-state index is -1.08. The highest BCUT2D eigenvalue weighted by atomic mass is 16.5. The number of carbonyl (C=O) groups excluding carboxylic acids is 1. The Morgan fingerprint density at radius 3 is 2.38 bits per heavy atom. The molecule has 1 aromatic heterocycles. The molecule has 1 N–H and O–H groups in total. The number of amides is 1. The molecule has 0 spiro atoms. The zero-order chi connectivity index (χ0) is 17.5. The van der Waals surface area contributed by atoms with Crippen LogP contribution in [0.15, 0.2) is 36.7 Å². The molecular weight excluding hydrogens is 314 g/mol. The third-order valence-electron chi connectivity index (χ3n) is 3.32. The second kappa shape index (κ2) is 8.00. The van der Waals surface area contributed by atoms with Crippen molar-refractivity contribution in [2.75, 3.05) is 20.8 Å². The van der Waals surface area contributed by atoms with E-state index in [1.165, 1.54) is 23.8 Å². The van der Waals surface area contributed by atoms with Crippen LogP contribution in [0.5, 0.6) is 11.5 Å². The first-order chi connectivity index (χ1) is 11.5. The lowest BCUT2D eigenvalue weighted by Crippen LogP contribution is -2.37. The summed E-state index contributed by atoms with van der Waals surface area (Å²) < 4.78 is 11.8. The Hall–Kier alpha value is -3.03. The molecule has 2 rings (SSSR count). The van der Waals surface area contributed by atoms with Gasteiger partial charge in [0.15, 0.2) is 0 Å². The Morgan fingerprint density at radius 1 is 1.21 bits per heavy atom. The second-order valence-electron chi connectivity index (χ2n) is 5.07. The zero-order valence-electron chi connectivity index (χ0n) is 13.5. The van der Waals surface area contributed by atoms with Crippen LogP contribution in [-0.2, 0) is 22.7 Å². The molecule has 0 aliphatic carbocycles. The summed E-state index contributed by atoms with van der Waals surface area (Å²) in [6.45, 7) is -0.305. The van der Waals surface area contributed by atoms with Crippen molar-refractivity contribution in [3.8, 4) is 11.5 Å². The van der Waals surface area contributed by atoms with Crippen LogP contribution < -0.4 is 9.47 Å². The first-order valence-electron chi connectivity index (χ1n) is 7.20. The molecule has 0 bridgehead atoms. The molecule has 8 heteroatoms. The summed E-state index contributed by atoms with van der Waals surface area (Å²) >= 11 is 0. The van der Waals surface area contributed by atoms with Crippen LogP contribution in [0.1, 0.15) is 5.56 Å². The largest absolute Gasteiger partial charge is 0.497 e. The Bertz CT molecular complexity index is 677. The van der Waals surface area contributed by atoms with Crippen LogP contribution in [0.2, 0.25) is 0 Å². The van der Waals surface area contributed by atoms with Gasteiger partial charge in [0, 0.05) is 25.0 Å². The molecule has 0 fully saturated rings. The molecule has 0 aliphatic rings. The molecule has 0 saturated carbocycles. The van der Waals surface area contributed by atoms with E-state index < -0.39 is 12.5 Å². The van der Waals surface area contributed by atoms with E-state index in [-0.39, 0.29) is 19.0 Å². The first-order valence-corrected chi connectivity index (χ1v) is 7.20. The summed E-state index contributed by atoms with van der Waals surface area (Å²) in [7, 11) is 3.05. The third kappa shape index (κ3) is 4.73. The fourth-order valence-electron chi connectivity index (χ4n) is 2.21. The molecule has 8 nitrogen and oxygen atoms in total. The Kier molecular flexibility index (Phi) is 5.78. The van der Waals surface area contributed by atoms with E-state index in [4.69, 9.17) is 14.6 Å². The quantitative estimate of drug-likeness (QED) is 0.775. The topological polar surface area (TPSA) is 93.9 Å². The van der Waals surface area contributed by atoms with E-state index in [1.54, 1.807) is 36.7 Å². The van der Waals surface area contributed by atoms with Gasteiger partial charge in [0.2, 0.25) is 5.91 Å². The average molecular weight is 333 g/mol. The van der Waals surface area contributed by atoms with Crippen LogP contribution in [0.4, 0.5) is 0 Å². The number of hydrogen-bond donors (Lipinski definition) is 1. The van der Waals surface area contributed by atoms with Gasteiger partial charge in [-0.15, -0.1) is 0 Å². The number of ether oxygens (including phenoxy) is 2. The Balaban J connectivity index is 2.18. The number of rotatable bonds is 8. The van der Waals surface area contributed by atoms with Gasteiger partial charge in [0.05, 0.1) is 14.2 Å². The summed E-state index contributed by atoms with van der Waals surface area (Å²) in [5.74, 6) is -0.292. The fourth-order valence-corrected chi connectivity index (χ4v) is 2.21. The molecule has 128 valence electrons. The molecule has 0 unspecified atom stereocenters. The van der Waals surface area contributed by atoms with Crippen LogP contribution in [0, 0.1) is 0 Å². The SMILES string of the molecule is COc1cc(CN(CC(=O)O)C(=O)Cn2cccn2)cc(OC)c1. The molecule has 1 amide bonds. The minimum absolute atomic E-state index is 0.0264. The highest BCUT2D eigenvalue weighted by molar-refractivity contribution is 5.81. The predicted octanol–water partition coefficient (Wildman–Crippen LogP) is 1.01. The zero-order valence-corrected chi connectivity index (χ0v) is 13.5. The van der Waals surface area contributed by atoms with Crippen LogP contribution >= 0.6 is 0 Å². The first kappa shape index (κ1) is 17.3. The summed E-state index contributed by atoms with van der Waals surface area (Å²) in [4.78, 5) is 24.7. The van der Waals surface area contributed by atoms with Gasteiger partial charge in [-0.05, 0) is 23.8 Å². The van der Waals surface area contributed by atoms with Crippen molar-refractivity contribution in [2.24, 2.45) is 0 Å². The molecule has 1 aromatic carbocycles. The lowest BCUT2D eigenvalue weighted by Gasteiger charge is -2.21. The van der Waals surface area contributed by atoms with Crippen molar-refractivity contribution in [1.29, 1.82) is 0 Å². The van der Waals surface area contributed by atoms with Crippen molar-refractivity contribution in [2.45, 2.75) is 13.1 Å². The van der Waals surface area contributed by atoms with Gasteiger partial charge in [-0.2, -0.15) is 5.10 Å². The highest BCUT2D eigenvalue weighted by Crippen LogP contribution is 2.23. The normalized spacial score (nSPS) is 10.2. The number of methoxy groups -OCH3 is 2. The van der Waals surface area contributed by atoms with E-state index in [0.717, 1.165) is 0 Å². The van der Waals surface area contributed by atoms with Gasteiger partial charge in [0.25, 0.3) is 0 Å². The van der Waals surface area contributed by atoms with E-state index in [2.05, 4.69) is 5.10 Å². The molecule has 2 aromatic rings. The Morgan fingerprint density at radius 2 is 1.88 bits per heavy atom. The number of carboxylic acids is 1. The number of carboxylic acid groups (broad SMARTS) is 1. The average Bonchev–Trinajstić information content (AvgIpc) is 3.06. The predicted molar refractivity (Wildman–Crippen MR) is 84.8 cm³/mol. The van der Waals surface area contributed by atoms with Gasteiger partial charge in [-0.3, -0.25) is 14.3 Å². The van der Waals surface area contributed by atoms with E-state index >= 15 is 0 Å². The number of carbonyl (C=O) groups is 2. The minimum Gasteiger partial charge on any atom is -0.497 e. The van der Waals surface area contributed by atoms with Crippen molar-refractivity contribution >= 4 is 11.9 Å². The molecular formula is C16H19N3O5. The standard InChI is InChI=1S/C16H19N3O5/c1-23-13-6-12(7-14(8-13)24-2)9-18(11-16(21)22)15(20)10-19-5-3-4-17-19/h3-8H,9-11H2,1-2H3,(H,21,22). The van der Waals surface area contributed by atoms with Gasteiger partial charge in [-0.25, -0.2) is 0 Å². The third-order valence-corrected chi connectivity index (χ3v) is 3.32. The van der Waals surface area contributed by atoms with Crippen molar-refractivity contribution in [3.05, 3.63) is 42.2 Å². The van der Waals surface area contributed by atoms with Crippen molar-refractivity contribution in [3.63, 3.8) is 0 Å². The molecule has 0 radical (unpaired) electrons.